The first kappa shape index (κ1) is 15.6. The number of halogens is 1. The number of methoxy groups -OCH3 is 1. The Morgan fingerprint density at radius 2 is 2.15 bits per heavy atom. The van der Waals surface area contributed by atoms with Crippen LogP contribution >= 0.6 is 15.9 Å². The molecule has 3 unspecified atom stereocenters. The molecule has 2 rings (SSSR count). The maximum Gasteiger partial charge on any atom is 0.103 e. The molecule has 1 aromatic carbocycles. The summed E-state index contributed by atoms with van der Waals surface area (Å²) in [5.74, 6) is 0. The van der Waals surface area contributed by atoms with Gasteiger partial charge in [-0.2, -0.15) is 0 Å². The molecule has 0 spiro atoms. The van der Waals surface area contributed by atoms with E-state index in [0.717, 1.165) is 23.2 Å². The minimum atomic E-state index is 0.115. The number of nitrogens with zero attached hydrogens (tertiary/aromatic N) is 1. The first-order valence-corrected chi connectivity index (χ1v) is 7.74. The van der Waals surface area contributed by atoms with E-state index in [0.29, 0.717) is 6.04 Å². The van der Waals surface area contributed by atoms with Crippen molar-refractivity contribution in [3.05, 3.63) is 22.7 Å². The zero-order valence-electron chi connectivity index (χ0n) is 12.5. The molecule has 0 radical (unpaired) electrons. The Balaban J connectivity index is 2.09. The summed E-state index contributed by atoms with van der Waals surface area (Å²) in [5.41, 5.74) is 2.29. The van der Waals surface area contributed by atoms with Crippen LogP contribution in [0.25, 0.3) is 0 Å². The lowest BCUT2D eigenvalue weighted by Crippen LogP contribution is -2.56. The molecular weight excluding hydrogens is 320 g/mol. The summed E-state index contributed by atoms with van der Waals surface area (Å²) in [7, 11) is 5.84. The predicted octanol–water partition coefficient (Wildman–Crippen LogP) is 3.12. The summed E-state index contributed by atoms with van der Waals surface area (Å²) in [6.45, 7) is 2.75. The van der Waals surface area contributed by atoms with Gasteiger partial charge < -0.3 is 19.7 Å². The van der Waals surface area contributed by atoms with Crippen molar-refractivity contribution in [2.24, 2.45) is 0 Å². The highest BCUT2D eigenvalue weighted by Gasteiger charge is 2.42. The largest absolute Gasteiger partial charge is 0.378 e. The topological polar surface area (TPSA) is 33.7 Å². The van der Waals surface area contributed by atoms with Gasteiger partial charge in [-0.15, -0.1) is 0 Å². The molecule has 1 N–H and O–H groups in total. The van der Waals surface area contributed by atoms with E-state index in [1.54, 1.807) is 7.11 Å². The van der Waals surface area contributed by atoms with Gasteiger partial charge >= 0.3 is 0 Å². The van der Waals surface area contributed by atoms with E-state index in [-0.39, 0.29) is 12.2 Å². The van der Waals surface area contributed by atoms with Gasteiger partial charge in [0.1, 0.15) is 6.10 Å². The third kappa shape index (κ3) is 3.27. The Labute approximate surface area is 129 Å². The second-order valence-electron chi connectivity index (χ2n) is 5.24. The monoisotopic (exact) mass is 342 g/mol. The van der Waals surface area contributed by atoms with Crippen LogP contribution in [0.3, 0.4) is 0 Å². The Kier molecular flexibility index (Phi) is 5.29. The van der Waals surface area contributed by atoms with Crippen molar-refractivity contribution in [1.82, 2.24) is 0 Å². The van der Waals surface area contributed by atoms with Crippen molar-refractivity contribution in [2.75, 3.05) is 38.0 Å². The minimum Gasteiger partial charge on any atom is -0.378 e. The van der Waals surface area contributed by atoms with Gasteiger partial charge in [-0.1, -0.05) is 15.9 Å². The van der Waals surface area contributed by atoms with Crippen LogP contribution in [0.1, 0.15) is 13.3 Å². The van der Waals surface area contributed by atoms with Crippen molar-refractivity contribution < 1.29 is 9.47 Å². The predicted molar refractivity (Wildman–Crippen MR) is 86.7 cm³/mol. The van der Waals surface area contributed by atoms with E-state index >= 15 is 0 Å². The summed E-state index contributed by atoms with van der Waals surface area (Å²) < 4.78 is 12.3. The quantitative estimate of drug-likeness (QED) is 0.861. The first-order valence-electron chi connectivity index (χ1n) is 6.94. The average Bonchev–Trinajstić information content (AvgIpc) is 2.37. The summed E-state index contributed by atoms with van der Waals surface area (Å²) in [4.78, 5) is 2.11. The molecule has 0 aliphatic heterocycles. The van der Waals surface area contributed by atoms with Crippen LogP contribution in [-0.4, -0.2) is 46.1 Å². The van der Waals surface area contributed by atoms with Crippen LogP contribution in [-0.2, 0) is 9.47 Å². The summed E-state index contributed by atoms with van der Waals surface area (Å²) in [5, 5.41) is 3.58. The van der Waals surface area contributed by atoms with E-state index in [1.807, 2.05) is 21.0 Å². The average molecular weight is 343 g/mol. The number of rotatable bonds is 6. The van der Waals surface area contributed by atoms with Gasteiger partial charge in [0.2, 0.25) is 0 Å². The summed E-state index contributed by atoms with van der Waals surface area (Å²) >= 11 is 3.53. The maximum atomic E-state index is 5.67. The van der Waals surface area contributed by atoms with Crippen LogP contribution in [0.4, 0.5) is 11.4 Å². The smallest absolute Gasteiger partial charge is 0.103 e. The standard InChI is InChI=1S/C15H23BrN2O2/c1-5-20-14-9-12(15(14)19-4)17-11-8-10(16)6-7-13(11)18(2)3/h6-8,12,14-15,17H,5,9H2,1-4H3. The van der Waals surface area contributed by atoms with E-state index in [1.165, 1.54) is 5.69 Å². The molecule has 5 heteroatoms. The minimum absolute atomic E-state index is 0.115. The van der Waals surface area contributed by atoms with Gasteiger partial charge in [-0.3, -0.25) is 0 Å². The number of benzene rings is 1. The molecule has 0 bridgehead atoms. The first-order chi connectivity index (χ1) is 9.56. The maximum absolute atomic E-state index is 5.67. The molecule has 0 saturated heterocycles. The number of hydrogen-bond donors (Lipinski definition) is 1. The number of hydrogen-bond acceptors (Lipinski definition) is 4. The molecule has 112 valence electrons. The van der Waals surface area contributed by atoms with Crippen LogP contribution in [0, 0.1) is 0 Å². The molecule has 1 aliphatic carbocycles. The molecule has 20 heavy (non-hydrogen) atoms. The van der Waals surface area contributed by atoms with Gasteiger partial charge in [-0.25, -0.2) is 0 Å². The van der Waals surface area contributed by atoms with Gasteiger partial charge in [0.15, 0.2) is 0 Å². The van der Waals surface area contributed by atoms with Crippen LogP contribution in [0.15, 0.2) is 22.7 Å². The Hall–Kier alpha value is -0.780. The van der Waals surface area contributed by atoms with Crippen LogP contribution in [0.5, 0.6) is 0 Å². The SMILES string of the molecule is CCOC1CC(Nc2cc(Br)ccc2N(C)C)C1OC. The molecule has 1 aromatic rings. The van der Waals surface area contributed by atoms with Crippen molar-refractivity contribution in [2.45, 2.75) is 31.6 Å². The fourth-order valence-electron chi connectivity index (χ4n) is 2.63. The molecular formula is C15H23BrN2O2. The third-order valence-corrected chi connectivity index (χ3v) is 4.18. The van der Waals surface area contributed by atoms with Gasteiger partial charge in [0.05, 0.1) is 23.5 Å². The van der Waals surface area contributed by atoms with E-state index in [9.17, 15) is 0 Å². The van der Waals surface area contributed by atoms with Crippen molar-refractivity contribution >= 4 is 27.3 Å². The van der Waals surface area contributed by atoms with Crippen LogP contribution in [0.2, 0.25) is 0 Å². The van der Waals surface area contributed by atoms with E-state index in [2.05, 4.69) is 44.3 Å². The number of anilines is 2. The van der Waals surface area contributed by atoms with Gasteiger partial charge in [-0.05, 0) is 31.5 Å². The molecule has 0 amide bonds. The lowest BCUT2D eigenvalue weighted by Gasteiger charge is -2.44. The second-order valence-corrected chi connectivity index (χ2v) is 6.15. The molecule has 0 heterocycles. The Morgan fingerprint density at radius 1 is 1.40 bits per heavy atom. The molecule has 0 aromatic heterocycles. The third-order valence-electron chi connectivity index (χ3n) is 3.68. The van der Waals surface area contributed by atoms with Gasteiger partial charge in [0.25, 0.3) is 0 Å². The highest BCUT2D eigenvalue weighted by atomic mass is 79.9. The molecule has 3 atom stereocenters. The Bertz CT molecular complexity index is 453. The van der Waals surface area contributed by atoms with Crippen molar-refractivity contribution in [3.63, 3.8) is 0 Å². The fraction of sp³-hybridized carbons (Fsp3) is 0.600. The lowest BCUT2D eigenvalue weighted by atomic mass is 9.85. The van der Waals surface area contributed by atoms with Crippen molar-refractivity contribution in [3.8, 4) is 0 Å². The second kappa shape index (κ2) is 6.78. The van der Waals surface area contributed by atoms with Crippen LogP contribution < -0.4 is 10.2 Å². The zero-order chi connectivity index (χ0) is 14.7. The molecule has 1 saturated carbocycles. The molecule has 4 nitrogen and oxygen atoms in total. The Morgan fingerprint density at radius 3 is 2.75 bits per heavy atom. The van der Waals surface area contributed by atoms with Crippen molar-refractivity contribution in [1.29, 1.82) is 0 Å². The fourth-order valence-corrected chi connectivity index (χ4v) is 2.99. The lowest BCUT2D eigenvalue weighted by molar-refractivity contribution is -0.118. The van der Waals surface area contributed by atoms with E-state index < -0.39 is 0 Å². The normalized spacial score (nSPS) is 25.1. The number of ether oxygens (including phenoxy) is 2. The summed E-state index contributed by atoms with van der Waals surface area (Å²) in [6, 6.07) is 6.56. The highest BCUT2D eigenvalue weighted by Crippen LogP contribution is 2.34. The zero-order valence-corrected chi connectivity index (χ0v) is 14.1. The van der Waals surface area contributed by atoms with Gasteiger partial charge in [0, 0.05) is 32.3 Å². The number of nitrogens with one attached hydrogen (secondary N) is 1. The summed E-state index contributed by atoms with van der Waals surface area (Å²) in [6.07, 6.45) is 1.30. The molecule has 1 aliphatic rings. The van der Waals surface area contributed by atoms with E-state index in [4.69, 9.17) is 9.47 Å². The highest BCUT2D eigenvalue weighted by molar-refractivity contribution is 9.10. The molecule has 1 fully saturated rings.